The predicted molar refractivity (Wildman–Crippen MR) is 118 cm³/mol. The third-order valence-electron chi connectivity index (χ3n) is 6.71. The Balaban J connectivity index is 1.59. The Morgan fingerprint density at radius 3 is 2.84 bits per heavy atom. The van der Waals surface area contributed by atoms with Crippen molar-refractivity contribution in [1.82, 2.24) is 30.1 Å². The first-order chi connectivity index (χ1) is 15.1. The molecule has 2 aliphatic rings. The lowest BCUT2D eigenvalue weighted by atomic mass is 9.95. The number of likely N-dealkylation sites (tertiary alicyclic amines) is 1. The lowest BCUT2D eigenvalue weighted by Gasteiger charge is -2.36. The number of fused-ring (bicyclic) bond motifs is 1. The molecule has 1 aromatic carbocycles. The highest BCUT2D eigenvalue weighted by Crippen LogP contribution is 2.31. The van der Waals surface area contributed by atoms with Crippen LogP contribution < -0.4 is 5.56 Å². The van der Waals surface area contributed by atoms with Gasteiger partial charge in [-0.3, -0.25) is 9.69 Å². The maximum atomic E-state index is 13.2. The van der Waals surface area contributed by atoms with E-state index in [1.807, 2.05) is 22.9 Å². The van der Waals surface area contributed by atoms with Crippen molar-refractivity contribution in [3.8, 4) is 0 Å². The average molecular weight is 423 g/mol. The van der Waals surface area contributed by atoms with Crippen LogP contribution >= 0.6 is 0 Å². The average Bonchev–Trinajstić information content (AvgIpc) is 3.43. The summed E-state index contributed by atoms with van der Waals surface area (Å²) in [5.41, 5.74) is 2.64. The van der Waals surface area contributed by atoms with Crippen molar-refractivity contribution in [2.75, 3.05) is 19.7 Å². The lowest BCUT2D eigenvalue weighted by molar-refractivity contribution is 0.0894. The summed E-state index contributed by atoms with van der Waals surface area (Å²) < 4.78 is 7.67. The topological polar surface area (TPSA) is 88.9 Å². The van der Waals surface area contributed by atoms with Crippen molar-refractivity contribution in [3.05, 3.63) is 51.6 Å². The molecule has 2 saturated heterocycles. The van der Waals surface area contributed by atoms with Crippen molar-refractivity contribution in [2.45, 2.75) is 58.2 Å². The van der Waals surface area contributed by atoms with Gasteiger partial charge in [0, 0.05) is 17.7 Å². The number of benzene rings is 1. The summed E-state index contributed by atoms with van der Waals surface area (Å²) in [6.07, 6.45) is 4.42. The maximum absolute atomic E-state index is 13.2. The number of nitrogens with one attached hydrogen (secondary N) is 1. The number of rotatable bonds is 5. The van der Waals surface area contributed by atoms with Gasteiger partial charge in [-0.2, -0.15) is 0 Å². The summed E-state index contributed by atoms with van der Waals surface area (Å²) in [7, 11) is 0. The van der Waals surface area contributed by atoms with Crippen molar-refractivity contribution in [1.29, 1.82) is 0 Å². The Labute approximate surface area is 181 Å². The number of ether oxygens (including phenoxy) is 1. The van der Waals surface area contributed by atoms with Crippen LogP contribution in [0.15, 0.2) is 29.1 Å². The summed E-state index contributed by atoms with van der Waals surface area (Å²) in [6.45, 7) is 7.61. The van der Waals surface area contributed by atoms with Crippen LogP contribution in [0.5, 0.6) is 0 Å². The van der Waals surface area contributed by atoms with E-state index in [0.29, 0.717) is 18.0 Å². The molecule has 0 spiro atoms. The molecular weight excluding hydrogens is 392 g/mol. The second-order valence-electron chi connectivity index (χ2n) is 9.12. The summed E-state index contributed by atoms with van der Waals surface area (Å²) in [5, 5.41) is 13.7. The van der Waals surface area contributed by atoms with Gasteiger partial charge in [-0.05, 0) is 85.6 Å². The SMILES string of the molecule is Cc1ccc2[nH]c(=O)c(C(c3nnnn3CC3CCCO3)N3CCC(C)CC3)cc2c1. The number of aromatic nitrogens is 5. The number of hydrogen-bond donors (Lipinski definition) is 1. The van der Waals surface area contributed by atoms with Gasteiger partial charge in [0.2, 0.25) is 0 Å². The van der Waals surface area contributed by atoms with Crippen molar-refractivity contribution in [2.24, 2.45) is 5.92 Å². The fourth-order valence-electron chi connectivity index (χ4n) is 4.85. The van der Waals surface area contributed by atoms with E-state index in [1.54, 1.807) is 0 Å². The number of tetrazole rings is 1. The first-order valence-electron chi connectivity index (χ1n) is 11.3. The zero-order valence-corrected chi connectivity index (χ0v) is 18.3. The molecule has 164 valence electrons. The predicted octanol–water partition coefficient (Wildman–Crippen LogP) is 2.82. The minimum Gasteiger partial charge on any atom is -0.376 e. The van der Waals surface area contributed by atoms with Crippen LogP contribution in [0.3, 0.4) is 0 Å². The summed E-state index contributed by atoms with van der Waals surface area (Å²) >= 11 is 0. The Hall–Kier alpha value is -2.58. The van der Waals surface area contributed by atoms with Gasteiger partial charge in [-0.25, -0.2) is 4.68 Å². The summed E-state index contributed by atoms with van der Waals surface area (Å²) in [5.74, 6) is 1.42. The third-order valence-corrected chi connectivity index (χ3v) is 6.71. The molecule has 2 aromatic heterocycles. The number of piperidine rings is 1. The van der Waals surface area contributed by atoms with Crippen molar-refractivity contribution < 1.29 is 4.74 Å². The van der Waals surface area contributed by atoms with Crippen LogP contribution in [0.4, 0.5) is 0 Å². The molecule has 5 rings (SSSR count). The number of aromatic amines is 1. The number of aryl methyl sites for hydroxylation is 1. The largest absolute Gasteiger partial charge is 0.376 e. The Bertz CT molecular complexity index is 1110. The molecule has 0 amide bonds. The second kappa shape index (κ2) is 8.51. The van der Waals surface area contributed by atoms with E-state index in [4.69, 9.17) is 4.74 Å². The highest BCUT2D eigenvalue weighted by atomic mass is 16.5. The monoisotopic (exact) mass is 422 g/mol. The van der Waals surface area contributed by atoms with Crippen LogP contribution in [-0.4, -0.2) is 55.9 Å². The summed E-state index contributed by atoms with van der Waals surface area (Å²) in [4.78, 5) is 18.7. The highest BCUT2D eigenvalue weighted by Gasteiger charge is 2.33. The molecular formula is C23H30N6O2. The van der Waals surface area contributed by atoms with E-state index in [0.717, 1.165) is 67.7 Å². The fourth-order valence-corrected chi connectivity index (χ4v) is 4.85. The standard InChI is InChI=1S/C23H30N6O2/c1-15-7-9-28(10-8-15)21(22-25-26-27-29(22)14-18-4-3-11-31-18)19-13-17-12-16(2)5-6-20(17)24-23(19)30/h5-6,12-13,15,18,21H,3-4,7-11,14H2,1-2H3,(H,24,30). The van der Waals surface area contributed by atoms with E-state index in [9.17, 15) is 4.79 Å². The first kappa shape index (κ1) is 20.3. The second-order valence-corrected chi connectivity index (χ2v) is 9.12. The Morgan fingerprint density at radius 2 is 2.06 bits per heavy atom. The molecule has 0 bridgehead atoms. The van der Waals surface area contributed by atoms with E-state index in [1.165, 1.54) is 0 Å². The van der Waals surface area contributed by atoms with Crippen molar-refractivity contribution in [3.63, 3.8) is 0 Å². The molecule has 1 N–H and O–H groups in total. The maximum Gasteiger partial charge on any atom is 0.253 e. The van der Waals surface area contributed by atoms with Gasteiger partial charge in [-0.15, -0.1) is 5.10 Å². The Morgan fingerprint density at radius 1 is 1.23 bits per heavy atom. The van der Waals surface area contributed by atoms with Gasteiger partial charge in [0.25, 0.3) is 5.56 Å². The van der Waals surface area contributed by atoms with Crippen LogP contribution in [0.25, 0.3) is 10.9 Å². The van der Waals surface area contributed by atoms with E-state index >= 15 is 0 Å². The van der Waals surface area contributed by atoms with Crippen molar-refractivity contribution >= 4 is 10.9 Å². The smallest absolute Gasteiger partial charge is 0.253 e. The highest BCUT2D eigenvalue weighted by molar-refractivity contribution is 5.79. The first-order valence-corrected chi connectivity index (χ1v) is 11.3. The van der Waals surface area contributed by atoms with Gasteiger partial charge < -0.3 is 9.72 Å². The zero-order valence-electron chi connectivity index (χ0n) is 18.3. The van der Waals surface area contributed by atoms with E-state index in [2.05, 4.69) is 45.3 Å². The third kappa shape index (κ3) is 4.14. The molecule has 0 saturated carbocycles. The minimum absolute atomic E-state index is 0.0772. The molecule has 3 aromatic rings. The quantitative estimate of drug-likeness (QED) is 0.680. The zero-order chi connectivity index (χ0) is 21.4. The van der Waals surface area contributed by atoms with Gasteiger partial charge in [0.15, 0.2) is 5.82 Å². The van der Waals surface area contributed by atoms with E-state index < -0.39 is 0 Å². The minimum atomic E-state index is -0.280. The molecule has 2 atom stereocenters. The number of hydrogen-bond acceptors (Lipinski definition) is 6. The van der Waals surface area contributed by atoms with Gasteiger partial charge in [0.1, 0.15) is 6.04 Å². The van der Waals surface area contributed by atoms with E-state index in [-0.39, 0.29) is 17.7 Å². The van der Waals surface area contributed by atoms with Crippen LogP contribution in [0.2, 0.25) is 0 Å². The molecule has 8 nitrogen and oxygen atoms in total. The molecule has 2 aliphatic heterocycles. The molecule has 8 heteroatoms. The summed E-state index contributed by atoms with van der Waals surface area (Å²) in [6, 6.07) is 7.84. The van der Waals surface area contributed by atoms with Gasteiger partial charge >= 0.3 is 0 Å². The number of H-pyrrole nitrogens is 1. The fraction of sp³-hybridized carbons (Fsp3) is 0.565. The van der Waals surface area contributed by atoms with Crippen LogP contribution in [0, 0.1) is 12.8 Å². The molecule has 31 heavy (non-hydrogen) atoms. The lowest BCUT2D eigenvalue weighted by Crippen LogP contribution is -2.40. The number of pyridine rings is 1. The molecule has 2 unspecified atom stereocenters. The molecule has 4 heterocycles. The van der Waals surface area contributed by atoms with Crippen LogP contribution in [-0.2, 0) is 11.3 Å². The normalized spacial score (nSPS) is 21.7. The van der Waals surface area contributed by atoms with Gasteiger partial charge in [-0.1, -0.05) is 18.6 Å². The van der Waals surface area contributed by atoms with Crippen LogP contribution in [0.1, 0.15) is 55.6 Å². The molecule has 2 fully saturated rings. The van der Waals surface area contributed by atoms with Gasteiger partial charge in [0.05, 0.1) is 12.6 Å². The Kier molecular flexibility index (Phi) is 5.58. The molecule has 0 aliphatic carbocycles. The number of nitrogens with zero attached hydrogens (tertiary/aromatic N) is 5. The molecule has 0 radical (unpaired) electrons.